The van der Waals surface area contributed by atoms with Gasteiger partial charge in [-0.1, -0.05) is 43.2 Å². The van der Waals surface area contributed by atoms with Crippen LogP contribution >= 0.6 is 0 Å². The first-order chi connectivity index (χ1) is 12.0. The number of methoxy groups -OCH3 is 1. The summed E-state index contributed by atoms with van der Waals surface area (Å²) in [5, 5.41) is 0. The lowest BCUT2D eigenvalue weighted by Gasteiger charge is -2.27. The molecule has 1 aromatic carbocycles. The number of sulfonamides is 1. The lowest BCUT2D eigenvalue weighted by atomic mass is 10.2. The van der Waals surface area contributed by atoms with Crippen LogP contribution in [0.1, 0.15) is 37.7 Å². The molecule has 0 atom stereocenters. The number of hydrogen-bond acceptors (Lipinski definition) is 5. The third-order valence-electron chi connectivity index (χ3n) is 4.40. The second-order valence-electron chi connectivity index (χ2n) is 6.27. The van der Waals surface area contributed by atoms with E-state index >= 15 is 0 Å². The summed E-state index contributed by atoms with van der Waals surface area (Å²) in [4.78, 5) is 11.6. The van der Waals surface area contributed by atoms with Crippen LogP contribution in [0.5, 0.6) is 0 Å². The van der Waals surface area contributed by atoms with Gasteiger partial charge in [0, 0.05) is 12.6 Å². The lowest BCUT2D eigenvalue weighted by molar-refractivity contribution is -0.141. The summed E-state index contributed by atoms with van der Waals surface area (Å²) in [6.45, 7) is 0.634. The van der Waals surface area contributed by atoms with E-state index in [9.17, 15) is 13.2 Å². The zero-order valence-electron chi connectivity index (χ0n) is 14.7. The molecule has 0 heterocycles. The van der Waals surface area contributed by atoms with Gasteiger partial charge in [-0.15, -0.1) is 0 Å². The van der Waals surface area contributed by atoms with Gasteiger partial charge in [0.05, 0.1) is 19.5 Å². The van der Waals surface area contributed by atoms with Gasteiger partial charge in [0.1, 0.15) is 6.54 Å². The molecule has 0 radical (unpaired) electrons. The maximum atomic E-state index is 12.7. The molecule has 1 fully saturated rings. The first-order valence-corrected chi connectivity index (χ1v) is 10.3. The highest BCUT2D eigenvalue weighted by Crippen LogP contribution is 2.26. The summed E-state index contributed by atoms with van der Waals surface area (Å²) in [6, 6.07) is 9.67. The van der Waals surface area contributed by atoms with E-state index < -0.39 is 16.0 Å². The Balaban J connectivity index is 1.82. The van der Waals surface area contributed by atoms with E-state index in [0.29, 0.717) is 19.6 Å². The molecule has 1 aromatic rings. The van der Waals surface area contributed by atoms with Crippen LogP contribution in [-0.2, 0) is 30.9 Å². The number of carbonyl (C=O) groups is 1. The molecule has 0 N–H and O–H groups in total. The predicted molar refractivity (Wildman–Crippen MR) is 95.5 cm³/mol. The van der Waals surface area contributed by atoms with E-state index in [2.05, 4.69) is 4.74 Å². The summed E-state index contributed by atoms with van der Waals surface area (Å²) < 4.78 is 36.9. The normalized spacial score (nSPS) is 15.6. The number of nitrogens with zero attached hydrogens (tertiary/aromatic N) is 1. The van der Waals surface area contributed by atoms with E-state index in [1.54, 1.807) is 0 Å². The largest absolute Gasteiger partial charge is 0.468 e. The van der Waals surface area contributed by atoms with Crippen molar-refractivity contribution in [1.29, 1.82) is 0 Å². The molecule has 0 aromatic heterocycles. The maximum absolute atomic E-state index is 12.7. The molecule has 1 aliphatic rings. The standard InChI is InChI=1S/C18H27NO5S/c1-23-18(20)14-19(17-10-5-6-11-17)25(21,22)13-7-12-24-15-16-8-3-2-4-9-16/h2-4,8-9,17H,5-7,10-15H2,1H3. The Hall–Kier alpha value is -1.44. The Kier molecular flexibility index (Phi) is 7.87. The fraction of sp³-hybridized carbons (Fsp3) is 0.611. The molecular weight excluding hydrogens is 342 g/mol. The lowest BCUT2D eigenvalue weighted by Crippen LogP contribution is -2.43. The summed E-state index contributed by atoms with van der Waals surface area (Å²) in [5.74, 6) is -0.536. The third-order valence-corrected chi connectivity index (χ3v) is 6.35. The molecule has 0 saturated heterocycles. The molecule has 0 amide bonds. The molecule has 25 heavy (non-hydrogen) atoms. The van der Waals surface area contributed by atoms with Gasteiger partial charge in [0.2, 0.25) is 10.0 Å². The molecule has 0 unspecified atom stereocenters. The average Bonchev–Trinajstić information content (AvgIpc) is 3.14. The fourth-order valence-electron chi connectivity index (χ4n) is 3.06. The number of esters is 1. The van der Waals surface area contributed by atoms with Crippen molar-refractivity contribution in [3.8, 4) is 0 Å². The topological polar surface area (TPSA) is 72.9 Å². The highest BCUT2D eigenvalue weighted by atomic mass is 32.2. The molecule has 140 valence electrons. The Morgan fingerprint density at radius 2 is 1.88 bits per heavy atom. The minimum atomic E-state index is -3.50. The van der Waals surface area contributed by atoms with Crippen LogP contribution in [0.3, 0.4) is 0 Å². The smallest absolute Gasteiger partial charge is 0.321 e. The molecule has 2 rings (SSSR count). The van der Waals surface area contributed by atoms with Crippen molar-refractivity contribution in [3.63, 3.8) is 0 Å². The van der Waals surface area contributed by atoms with Crippen LogP contribution in [0.15, 0.2) is 30.3 Å². The summed E-state index contributed by atoms with van der Waals surface area (Å²) in [5.41, 5.74) is 1.06. The fourth-order valence-corrected chi connectivity index (χ4v) is 4.75. The van der Waals surface area contributed by atoms with Crippen molar-refractivity contribution >= 4 is 16.0 Å². The van der Waals surface area contributed by atoms with Crippen molar-refractivity contribution in [2.24, 2.45) is 0 Å². The first-order valence-electron chi connectivity index (χ1n) is 8.71. The van der Waals surface area contributed by atoms with Crippen molar-refractivity contribution in [1.82, 2.24) is 4.31 Å². The highest BCUT2D eigenvalue weighted by molar-refractivity contribution is 7.89. The number of ether oxygens (including phenoxy) is 2. The van der Waals surface area contributed by atoms with Crippen LogP contribution in [0.2, 0.25) is 0 Å². The number of rotatable bonds is 10. The quantitative estimate of drug-likeness (QED) is 0.467. The second kappa shape index (κ2) is 9.89. The summed E-state index contributed by atoms with van der Waals surface area (Å²) >= 11 is 0. The monoisotopic (exact) mass is 369 g/mol. The van der Waals surface area contributed by atoms with Gasteiger partial charge in [-0.3, -0.25) is 4.79 Å². The van der Waals surface area contributed by atoms with Gasteiger partial charge in [-0.25, -0.2) is 8.42 Å². The average molecular weight is 369 g/mol. The number of hydrogen-bond donors (Lipinski definition) is 0. The van der Waals surface area contributed by atoms with Gasteiger partial charge in [-0.05, 0) is 24.8 Å². The molecule has 6 nitrogen and oxygen atoms in total. The summed E-state index contributed by atoms with van der Waals surface area (Å²) in [7, 11) is -2.23. The van der Waals surface area contributed by atoms with Crippen LogP contribution in [0.4, 0.5) is 0 Å². The van der Waals surface area contributed by atoms with E-state index in [4.69, 9.17) is 4.74 Å². The van der Waals surface area contributed by atoms with Crippen molar-refractivity contribution < 1.29 is 22.7 Å². The molecule has 0 bridgehead atoms. The van der Waals surface area contributed by atoms with E-state index in [0.717, 1.165) is 31.2 Å². The van der Waals surface area contributed by atoms with Crippen LogP contribution in [0.25, 0.3) is 0 Å². The van der Waals surface area contributed by atoms with Gasteiger partial charge in [0.15, 0.2) is 0 Å². The SMILES string of the molecule is COC(=O)CN(C1CCCC1)S(=O)(=O)CCCOCc1ccccc1. The predicted octanol–water partition coefficient (Wildman–Crippen LogP) is 2.34. The highest BCUT2D eigenvalue weighted by Gasteiger charge is 2.33. The number of benzene rings is 1. The van der Waals surface area contributed by atoms with Crippen molar-refractivity contribution in [2.75, 3.05) is 26.0 Å². The molecule has 0 spiro atoms. The van der Waals surface area contributed by atoms with Crippen LogP contribution in [-0.4, -0.2) is 50.7 Å². The molecule has 0 aliphatic heterocycles. The molecule has 7 heteroatoms. The minimum absolute atomic E-state index is 0.0186. The third kappa shape index (κ3) is 6.41. The van der Waals surface area contributed by atoms with Crippen LogP contribution < -0.4 is 0 Å². The van der Waals surface area contributed by atoms with Crippen LogP contribution in [0, 0.1) is 0 Å². The molecular formula is C18H27NO5S. The van der Waals surface area contributed by atoms with Gasteiger partial charge < -0.3 is 9.47 Å². The number of carbonyl (C=O) groups excluding carboxylic acids is 1. The molecule has 1 saturated carbocycles. The van der Waals surface area contributed by atoms with Gasteiger partial charge >= 0.3 is 5.97 Å². The minimum Gasteiger partial charge on any atom is -0.468 e. The first kappa shape index (κ1) is 19.9. The van der Waals surface area contributed by atoms with E-state index in [-0.39, 0.29) is 18.3 Å². The van der Waals surface area contributed by atoms with E-state index in [1.165, 1.54) is 11.4 Å². The zero-order chi connectivity index (χ0) is 18.1. The Morgan fingerprint density at radius 1 is 1.20 bits per heavy atom. The second-order valence-corrected chi connectivity index (χ2v) is 8.31. The van der Waals surface area contributed by atoms with Crippen molar-refractivity contribution in [3.05, 3.63) is 35.9 Å². The Morgan fingerprint density at radius 3 is 2.52 bits per heavy atom. The van der Waals surface area contributed by atoms with Crippen molar-refractivity contribution in [2.45, 2.75) is 44.8 Å². The molecule has 1 aliphatic carbocycles. The van der Waals surface area contributed by atoms with Gasteiger partial charge in [-0.2, -0.15) is 4.31 Å². The maximum Gasteiger partial charge on any atom is 0.321 e. The zero-order valence-corrected chi connectivity index (χ0v) is 15.5. The summed E-state index contributed by atoms with van der Waals surface area (Å²) in [6.07, 6.45) is 4.01. The Bertz CT molecular complexity index is 626. The van der Waals surface area contributed by atoms with E-state index in [1.807, 2.05) is 30.3 Å². The van der Waals surface area contributed by atoms with Gasteiger partial charge in [0.25, 0.3) is 0 Å². The Labute approximate surface area is 150 Å².